The number of thioether (sulfide) groups is 1. The van der Waals surface area contributed by atoms with Crippen LogP contribution in [0, 0.1) is 0 Å². The normalized spacial score (nSPS) is 16.2. The second kappa shape index (κ2) is 14.5. The van der Waals surface area contributed by atoms with Gasteiger partial charge in [0.05, 0.1) is 5.69 Å². The second-order valence-electron chi connectivity index (χ2n) is 6.48. The highest BCUT2D eigenvalue weighted by molar-refractivity contribution is 14.0. The Kier molecular flexibility index (Phi) is 13.1. The molecule has 1 fully saturated rings. The molecule has 1 aromatic heterocycles. The van der Waals surface area contributed by atoms with Crippen molar-refractivity contribution in [2.75, 3.05) is 38.2 Å². The topological polar surface area (TPSA) is 52.6 Å². The van der Waals surface area contributed by atoms with Crippen LogP contribution in [0.5, 0.6) is 0 Å². The lowest BCUT2D eigenvalue weighted by Crippen LogP contribution is -2.48. The first-order valence-corrected chi connectivity index (χ1v) is 10.9. The smallest absolute Gasteiger partial charge is 0.191 e. The van der Waals surface area contributed by atoms with Crippen molar-refractivity contribution in [3.63, 3.8) is 0 Å². The van der Waals surface area contributed by atoms with E-state index in [0.29, 0.717) is 6.04 Å². The molecule has 0 saturated carbocycles. The van der Waals surface area contributed by atoms with Crippen LogP contribution >= 0.6 is 35.7 Å². The van der Waals surface area contributed by atoms with Gasteiger partial charge in [0.15, 0.2) is 5.96 Å². The number of guanidine groups is 1. The number of nitrogens with zero attached hydrogens (tertiary/aromatic N) is 3. The molecule has 0 aromatic carbocycles. The van der Waals surface area contributed by atoms with Crippen LogP contribution < -0.4 is 10.6 Å². The molecule has 1 saturated heterocycles. The molecule has 0 amide bonds. The van der Waals surface area contributed by atoms with Gasteiger partial charge in [-0.1, -0.05) is 6.07 Å². The predicted molar refractivity (Wildman–Crippen MR) is 125 cm³/mol. The maximum absolute atomic E-state index is 4.73. The van der Waals surface area contributed by atoms with E-state index >= 15 is 0 Å². The number of unbranched alkanes of at least 4 members (excludes halogenated alkanes) is 1. The predicted octanol–water partition coefficient (Wildman–Crippen LogP) is 3.36. The molecule has 148 valence electrons. The SMILES string of the molecule is CCNC(=NCCCCSC)NC1CCN(Cc2ccccn2)CC1.I. The number of pyridine rings is 1. The Morgan fingerprint density at radius 1 is 1.31 bits per heavy atom. The Bertz CT molecular complexity index is 492. The van der Waals surface area contributed by atoms with E-state index < -0.39 is 0 Å². The van der Waals surface area contributed by atoms with Gasteiger partial charge in [0.25, 0.3) is 0 Å². The van der Waals surface area contributed by atoms with Gasteiger partial charge in [-0.3, -0.25) is 14.9 Å². The summed E-state index contributed by atoms with van der Waals surface area (Å²) >= 11 is 1.91. The van der Waals surface area contributed by atoms with Gasteiger partial charge in [-0.25, -0.2) is 0 Å². The summed E-state index contributed by atoms with van der Waals surface area (Å²) in [6, 6.07) is 6.67. The van der Waals surface area contributed by atoms with Crippen molar-refractivity contribution < 1.29 is 0 Å². The fraction of sp³-hybridized carbons (Fsp3) is 0.684. The molecule has 0 aliphatic carbocycles. The molecule has 1 aromatic rings. The van der Waals surface area contributed by atoms with E-state index in [9.17, 15) is 0 Å². The van der Waals surface area contributed by atoms with Crippen molar-refractivity contribution in [3.05, 3.63) is 30.1 Å². The Morgan fingerprint density at radius 2 is 2.12 bits per heavy atom. The minimum Gasteiger partial charge on any atom is -0.357 e. The highest BCUT2D eigenvalue weighted by Crippen LogP contribution is 2.13. The van der Waals surface area contributed by atoms with Gasteiger partial charge in [-0.15, -0.1) is 24.0 Å². The molecule has 7 heteroatoms. The molecule has 2 N–H and O–H groups in total. The van der Waals surface area contributed by atoms with Crippen molar-refractivity contribution in [1.29, 1.82) is 0 Å². The highest BCUT2D eigenvalue weighted by Gasteiger charge is 2.20. The van der Waals surface area contributed by atoms with E-state index in [1.54, 1.807) is 0 Å². The van der Waals surface area contributed by atoms with Gasteiger partial charge in [0, 0.05) is 45.0 Å². The largest absolute Gasteiger partial charge is 0.357 e. The molecule has 2 heterocycles. The number of aromatic nitrogens is 1. The zero-order chi connectivity index (χ0) is 17.7. The van der Waals surface area contributed by atoms with Crippen molar-refractivity contribution >= 4 is 41.7 Å². The van der Waals surface area contributed by atoms with Crippen LogP contribution in [0.2, 0.25) is 0 Å². The van der Waals surface area contributed by atoms with Gasteiger partial charge in [0.2, 0.25) is 0 Å². The Labute approximate surface area is 180 Å². The summed E-state index contributed by atoms with van der Waals surface area (Å²) in [5.74, 6) is 2.21. The van der Waals surface area contributed by atoms with Crippen LogP contribution in [0.25, 0.3) is 0 Å². The van der Waals surface area contributed by atoms with E-state index in [0.717, 1.165) is 57.2 Å². The van der Waals surface area contributed by atoms with Crippen LogP contribution in [0.1, 0.15) is 38.3 Å². The lowest BCUT2D eigenvalue weighted by atomic mass is 10.0. The third-order valence-corrected chi connectivity index (χ3v) is 5.11. The number of hydrogen-bond donors (Lipinski definition) is 2. The molecule has 2 rings (SSSR count). The van der Waals surface area contributed by atoms with Crippen LogP contribution in [-0.4, -0.2) is 60.1 Å². The third-order valence-electron chi connectivity index (χ3n) is 4.41. The van der Waals surface area contributed by atoms with E-state index in [1.807, 2.05) is 24.0 Å². The van der Waals surface area contributed by atoms with Crippen molar-refractivity contribution in [3.8, 4) is 0 Å². The molecule has 5 nitrogen and oxygen atoms in total. The lowest BCUT2D eigenvalue weighted by Gasteiger charge is -2.32. The van der Waals surface area contributed by atoms with Crippen LogP contribution in [-0.2, 0) is 6.54 Å². The summed E-state index contributed by atoms with van der Waals surface area (Å²) in [4.78, 5) is 11.7. The number of aliphatic imine (C=N–C) groups is 1. The Morgan fingerprint density at radius 3 is 2.77 bits per heavy atom. The van der Waals surface area contributed by atoms with Crippen molar-refractivity contribution in [2.45, 2.75) is 45.2 Å². The van der Waals surface area contributed by atoms with Gasteiger partial charge in [0.1, 0.15) is 0 Å². The maximum atomic E-state index is 4.73. The number of halogens is 1. The quantitative estimate of drug-likeness (QED) is 0.240. The van der Waals surface area contributed by atoms with E-state index in [1.165, 1.54) is 18.6 Å². The van der Waals surface area contributed by atoms with Gasteiger partial charge in [-0.05, 0) is 56.7 Å². The zero-order valence-corrected chi connectivity index (χ0v) is 19.3. The van der Waals surface area contributed by atoms with E-state index in [-0.39, 0.29) is 24.0 Å². The molecule has 0 spiro atoms. The second-order valence-corrected chi connectivity index (χ2v) is 7.46. The van der Waals surface area contributed by atoms with Crippen LogP contribution in [0.15, 0.2) is 29.4 Å². The molecular formula is C19H34IN5S. The van der Waals surface area contributed by atoms with Crippen molar-refractivity contribution in [1.82, 2.24) is 20.5 Å². The van der Waals surface area contributed by atoms with Crippen molar-refractivity contribution in [2.24, 2.45) is 4.99 Å². The molecule has 0 atom stereocenters. The first kappa shape index (κ1) is 23.5. The summed E-state index contributed by atoms with van der Waals surface area (Å²) in [6.07, 6.45) is 8.76. The fourth-order valence-corrected chi connectivity index (χ4v) is 3.51. The number of rotatable bonds is 9. The average Bonchev–Trinajstić information content (AvgIpc) is 2.64. The average molecular weight is 491 g/mol. The molecule has 1 aliphatic heterocycles. The molecule has 1 aliphatic rings. The highest BCUT2D eigenvalue weighted by atomic mass is 127. The van der Waals surface area contributed by atoms with Gasteiger partial charge < -0.3 is 10.6 Å². The standard InChI is InChI=1S/C19H33N5S.HI/c1-3-20-19(22-12-6-7-15-25-2)23-17-9-13-24(14-10-17)16-18-8-4-5-11-21-18;/h4-5,8,11,17H,3,6-7,9-10,12-16H2,1-2H3,(H2,20,22,23);1H. The van der Waals surface area contributed by atoms with E-state index in [4.69, 9.17) is 4.99 Å². The third kappa shape index (κ3) is 9.41. The summed E-state index contributed by atoms with van der Waals surface area (Å²) in [5.41, 5.74) is 1.16. The van der Waals surface area contributed by atoms with Gasteiger partial charge >= 0.3 is 0 Å². The number of nitrogens with one attached hydrogen (secondary N) is 2. The zero-order valence-electron chi connectivity index (χ0n) is 16.1. The first-order chi connectivity index (χ1) is 12.3. The summed E-state index contributed by atoms with van der Waals surface area (Å²) in [6.45, 7) is 7.13. The Balaban J connectivity index is 0.00000338. The minimum absolute atomic E-state index is 0. The van der Waals surface area contributed by atoms with Crippen LogP contribution in [0.4, 0.5) is 0 Å². The summed E-state index contributed by atoms with van der Waals surface area (Å²) in [7, 11) is 0. The maximum Gasteiger partial charge on any atom is 0.191 e. The monoisotopic (exact) mass is 491 g/mol. The molecule has 26 heavy (non-hydrogen) atoms. The van der Waals surface area contributed by atoms with E-state index in [2.05, 4.69) is 45.8 Å². The summed E-state index contributed by atoms with van der Waals surface area (Å²) in [5, 5.41) is 7.01. The summed E-state index contributed by atoms with van der Waals surface area (Å²) < 4.78 is 0. The molecule has 0 unspecified atom stereocenters. The molecular weight excluding hydrogens is 457 g/mol. The molecule has 0 radical (unpaired) electrons. The van der Waals surface area contributed by atoms with Gasteiger partial charge in [-0.2, -0.15) is 11.8 Å². The number of piperidine rings is 1. The first-order valence-electron chi connectivity index (χ1n) is 9.48. The lowest BCUT2D eigenvalue weighted by molar-refractivity contribution is 0.196. The number of hydrogen-bond acceptors (Lipinski definition) is 4. The Hall–Kier alpha value is -0.540. The minimum atomic E-state index is 0. The fourth-order valence-electron chi connectivity index (χ4n) is 3.02. The molecule has 0 bridgehead atoms. The number of likely N-dealkylation sites (tertiary alicyclic amines) is 1. The van der Waals surface area contributed by atoms with Crippen LogP contribution in [0.3, 0.4) is 0 Å².